The number of ether oxygens (including phenoxy) is 2. The summed E-state index contributed by atoms with van der Waals surface area (Å²) in [6.45, 7) is 14.6. The SMILES string of the molecule is CCCNC1CCC(C)(C)CC1OCCOCC(C)C. The van der Waals surface area contributed by atoms with E-state index in [0.717, 1.165) is 32.8 Å². The van der Waals surface area contributed by atoms with E-state index in [4.69, 9.17) is 9.47 Å². The molecule has 1 fully saturated rings. The van der Waals surface area contributed by atoms with Gasteiger partial charge in [0.25, 0.3) is 0 Å². The van der Waals surface area contributed by atoms with Gasteiger partial charge in [0.1, 0.15) is 0 Å². The Kier molecular flexibility index (Phi) is 8.08. The molecule has 1 aliphatic rings. The zero-order valence-electron chi connectivity index (χ0n) is 14.2. The van der Waals surface area contributed by atoms with Gasteiger partial charge in [-0.2, -0.15) is 0 Å². The molecule has 0 spiro atoms. The first-order valence-corrected chi connectivity index (χ1v) is 8.37. The van der Waals surface area contributed by atoms with Gasteiger partial charge in [-0.05, 0) is 43.6 Å². The molecule has 0 amide bonds. The number of nitrogens with one attached hydrogen (secondary N) is 1. The van der Waals surface area contributed by atoms with E-state index in [1.165, 1.54) is 19.3 Å². The van der Waals surface area contributed by atoms with Crippen LogP contribution in [0.2, 0.25) is 0 Å². The van der Waals surface area contributed by atoms with Gasteiger partial charge >= 0.3 is 0 Å². The van der Waals surface area contributed by atoms with Gasteiger partial charge in [0.2, 0.25) is 0 Å². The second-order valence-electron chi connectivity index (χ2n) is 7.35. The predicted molar refractivity (Wildman–Crippen MR) is 85.1 cm³/mol. The molecule has 2 atom stereocenters. The van der Waals surface area contributed by atoms with Crippen LogP contribution in [0.5, 0.6) is 0 Å². The summed E-state index contributed by atoms with van der Waals surface area (Å²) in [5, 5.41) is 3.65. The summed E-state index contributed by atoms with van der Waals surface area (Å²) in [4.78, 5) is 0. The first-order valence-electron chi connectivity index (χ1n) is 8.37. The third kappa shape index (κ3) is 7.05. The Hall–Kier alpha value is -0.120. The minimum absolute atomic E-state index is 0.341. The summed E-state index contributed by atoms with van der Waals surface area (Å²) in [5.74, 6) is 0.600. The summed E-state index contributed by atoms with van der Waals surface area (Å²) in [7, 11) is 0. The molecule has 0 saturated heterocycles. The molecule has 0 aromatic heterocycles. The predicted octanol–water partition coefficient (Wildman–Crippen LogP) is 3.62. The van der Waals surface area contributed by atoms with Gasteiger partial charge in [0.05, 0.1) is 19.3 Å². The Labute approximate surface area is 125 Å². The van der Waals surface area contributed by atoms with Crippen molar-refractivity contribution >= 4 is 0 Å². The molecule has 0 heterocycles. The Balaban J connectivity index is 2.31. The lowest BCUT2D eigenvalue weighted by molar-refractivity contribution is -0.0512. The molecular weight excluding hydrogens is 250 g/mol. The van der Waals surface area contributed by atoms with Gasteiger partial charge in [0.15, 0.2) is 0 Å². The Morgan fingerprint density at radius 2 is 2.00 bits per heavy atom. The summed E-state index contributed by atoms with van der Waals surface area (Å²) in [6.07, 6.45) is 5.19. The van der Waals surface area contributed by atoms with Crippen molar-refractivity contribution in [2.24, 2.45) is 11.3 Å². The van der Waals surface area contributed by atoms with Gasteiger partial charge in [-0.1, -0.05) is 34.6 Å². The van der Waals surface area contributed by atoms with E-state index in [-0.39, 0.29) is 0 Å². The van der Waals surface area contributed by atoms with Crippen molar-refractivity contribution in [1.82, 2.24) is 5.32 Å². The molecule has 0 aromatic rings. The van der Waals surface area contributed by atoms with Crippen molar-refractivity contribution in [3.05, 3.63) is 0 Å². The lowest BCUT2D eigenvalue weighted by Gasteiger charge is -2.41. The minimum atomic E-state index is 0.341. The van der Waals surface area contributed by atoms with E-state index < -0.39 is 0 Å². The lowest BCUT2D eigenvalue weighted by Crippen LogP contribution is -2.48. The van der Waals surface area contributed by atoms with E-state index >= 15 is 0 Å². The molecule has 0 aliphatic heterocycles. The average Bonchev–Trinajstić information content (AvgIpc) is 2.36. The van der Waals surface area contributed by atoms with E-state index in [1.807, 2.05) is 0 Å². The molecule has 0 bridgehead atoms. The zero-order valence-corrected chi connectivity index (χ0v) is 14.2. The Bertz CT molecular complexity index is 253. The van der Waals surface area contributed by atoms with Crippen LogP contribution in [0, 0.1) is 11.3 Å². The molecular formula is C17H35NO2. The number of hydrogen-bond donors (Lipinski definition) is 1. The van der Waals surface area contributed by atoms with Crippen molar-refractivity contribution in [1.29, 1.82) is 0 Å². The summed E-state index contributed by atoms with van der Waals surface area (Å²) < 4.78 is 11.7. The fraction of sp³-hybridized carbons (Fsp3) is 1.00. The smallest absolute Gasteiger partial charge is 0.0734 e. The van der Waals surface area contributed by atoms with Crippen LogP contribution in [0.25, 0.3) is 0 Å². The fourth-order valence-corrected chi connectivity index (χ4v) is 2.84. The highest BCUT2D eigenvalue weighted by atomic mass is 16.5. The second-order valence-corrected chi connectivity index (χ2v) is 7.35. The van der Waals surface area contributed by atoms with Crippen LogP contribution in [0.4, 0.5) is 0 Å². The largest absolute Gasteiger partial charge is 0.379 e. The van der Waals surface area contributed by atoms with Crippen LogP contribution in [0.1, 0.15) is 60.3 Å². The monoisotopic (exact) mass is 285 g/mol. The molecule has 1 rings (SSSR count). The fourth-order valence-electron chi connectivity index (χ4n) is 2.84. The van der Waals surface area contributed by atoms with Crippen molar-refractivity contribution in [3.63, 3.8) is 0 Å². The lowest BCUT2D eigenvalue weighted by atomic mass is 9.74. The van der Waals surface area contributed by atoms with Crippen LogP contribution < -0.4 is 5.32 Å². The maximum atomic E-state index is 6.12. The van der Waals surface area contributed by atoms with Gasteiger partial charge < -0.3 is 14.8 Å². The molecule has 3 nitrogen and oxygen atoms in total. The number of rotatable bonds is 9. The van der Waals surface area contributed by atoms with E-state index in [9.17, 15) is 0 Å². The van der Waals surface area contributed by atoms with Crippen LogP contribution >= 0.6 is 0 Å². The highest BCUT2D eigenvalue weighted by Gasteiger charge is 2.35. The van der Waals surface area contributed by atoms with Crippen molar-refractivity contribution in [2.45, 2.75) is 72.4 Å². The van der Waals surface area contributed by atoms with Crippen molar-refractivity contribution in [3.8, 4) is 0 Å². The number of hydrogen-bond acceptors (Lipinski definition) is 3. The zero-order chi connectivity index (χ0) is 15.0. The average molecular weight is 285 g/mol. The molecule has 0 aromatic carbocycles. The van der Waals surface area contributed by atoms with Crippen LogP contribution in [-0.2, 0) is 9.47 Å². The van der Waals surface area contributed by atoms with Crippen LogP contribution in [0.15, 0.2) is 0 Å². The quantitative estimate of drug-likeness (QED) is 0.656. The van der Waals surface area contributed by atoms with Crippen molar-refractivity contribution in [2.75, 3.05) is 26.4 Å². The minimum Gasteiger partial charge on any atom is -0.379 e. The molecule has 20 heavy (non-hydrogen) atoms. The van der Waals surface area contributed by atoms with Crippen molar-refractivity contribution < 1.29 is 9.47 Å². The van der Waals surface area contributed by atoms with E-state index in [0.29, 0.717) is 23.5 Å². The highest BCUT2D eigenvalue weighted by Crippen LogP contribution is 2.36. The third-order valence-corrected chi connectivity index (χ3v) is 4.00. The van der Waals surface area contributed by atoms with E-state index in [2.05, 4.69) is 39.9 Å². The summed E-state index contributed by atoms with van der Waals surface area (Å²) >= 11 is 0. The first-order chi connectivity index (χ1) is 9.44. The molecule has 0 radical (unpaired) electrons. The summed E-state index contributed by atoms with van der Waals surface area (Å²) in [5.41, 5.74) is 0.411. The Morgan fingerprint density at radius 3 is 2.65 bits per heavy atom. The molecule has 3 heteroatoms. The molecule has 2 unspecified atom stereocenters. The molecule has 120 valence electrons. The molecule has 1 aliphatic carbocycles. The topological polar surface area (TPSA) is 30.5 Å². The molecule has 1 N–H and O–H groups in total. The standard InChI is InChI=1S/C17H35NO2/c1-6-9-18-15-7-8-17(4,5)12-16(15)20-11-10-19-13-14(2)3/h14-16,18H,6-13H2,1-5H3. The maximum absolute atomic E-state index is 6.12. The van der Waals surface area contributed by atoms with E-state index in [1.54, 1.807) is 0 Å². The Morgan fingerprint density at radius 1 is 1.25 bits per heavy atom. The van der Waals surface area contributed by atoms with Crippen LogP contribution in [-0.4, -0.2) is 38.5 Å². The van der Waals surface area contributed by atoms with Gasteiger partial charge in [-0.15, -0.1) is 0 Å². The normalized spacial score (nSPS) is 26.1. The highest BCUT2D eigenvalue weighted by molar-refractivity contribution is 4.89. The first kappa shape index (κ1) is 17.9. The van der Waals surface area contributed by atoms with Gasteiger partial charge in [-0.25, -0.2) is 0 Å². The van der Waals surface area contributed by atoms with Gasteiger partial charge in [-0.3, -0.25) is 0 Å². The van der Waals surface area contributed by atoms with Gasteiger partial charge in [0, 0.05) is 12.6 Å². The van der Waals surface area contributed by atoms with Crippen LogP contribution in [0.3, 0.4) is 0 Å². The molecule has 1 saturated carbocycles. The summed E-state index contributed by atoms with van der Waals surface area (Å²) in [6, 6.07) is 0.521. The second kappa shape index (κ2) is 9.01. The maximum Gasteiger partial charge on any atom is 0.0734 e. The third-order valence-electron chi connectivity index (χ3n) is 4.00.